The van der Waals surface area contributed by atoms with Crippen molar-refractivity contribution in [1.82, 2.24) is 5.32 Å². The molecule has 49 heavy (non-hydrogen) atoms. The second-order valence-electron chi connectivity index (χ2n) is 15.6. The number of carbonyl (C=O) groups is 3. The second kappa shape index (κ2) is 15.4. The summed E-state index contributed by atoms with van der Waals surface area (Å²) in [5.41, 5.74) is 0.730. The minimum atomic E-state index is -0.599. The highest BCUT2D eigenvalue weighted by molar-refractivity contribution is 5.99. The number of fused-ring (bicyclic) bond motifs is 8. The number of cyclic esters (lactones) is 1. The van der Waals surface area contributed by atoms with E-state index in [0.717, 1.165) is 31.3 Å². The minimum absolute atomic E-state index is 0.00359. The van der Waals surface area contributed by atoms with Gasteiger partial charge in [-0.3, -0.25) is 14.4 Å². The molecular formula is C38H59NO10. The zero-order valence-corrected chi connectivity index (χ0v) is 30.6. The zero-order chi connectivity index (χ0) is 35.1. The van der Waals surface area contributed by atoms with Gasteiger partial charge >= 0.3 is 11.9 Å². The second-order valence-corrected chi connectivity index (χ2v) is 15.6. The van der Waals surface area contributed by atoms with E-state index < -0.39 is 24.4 Å². The van der Waals surface area contributed by atoms with E-state index in [4.69, 9.17) is 33.2 Å². The van der Waals surface area contributed by atoms with Gasteiger partial charge in [0.2, 0.25) is 0 Å². The van der Waals surface area contributed by atoms with Crippen LogP contribution < -0.4 is 5.32 Å². The molecule has 5 fully saturated rings. The van der Waals surface area contributed by atoms with Crippen LogP contribution in [0.5, 0.6) is 0 Å². The lowest BCUT2D eigenvalue weighted by molar-refractivity contribution is -0.314. The average molecular weight is 690 g/mol. The highest BCUT2D eigenvalue weighted by Crippen LogP contribution is 2.66. The molecule has 0 spiro atoms. The molecule has 17 atom stereocenters. The van der Waals surface area contributed by atoms with Gasteiger partial charge in [0.15, 0.2) is 12.1 Å². The summed E-state index contributed by atoms with van der Waals surface area (Å²) in [6.45, 7) is 7.30. The Morgan fingerprint density at radius 1 is 0.939 bits per heavy atom. The maximum atomic E-state index is 14.5. The van der Waals surface area contributed by atoms with Crippen LogP contribution in [0, 0.1) is 47.3 Å². The maximum Gasteiger partial charge on any atom is 0.306 e. The third kappa shape index (κ3) is 6.89. The predicted molar refractivity (Wildman–Crippen MR) is 179 cm³/mol. The van der Waals surface area contributed by atoms with E-state index in [0.29, 0.717) is 49.0 Å². The van der Waals surface area contributed by atoms with Crippen molar-refractivity contribution in [3.05, 3.63) is 11.6 Å². The normalized spacial score (nSPS) is 46.9. The molecule has 4 aliphatic carbocycles. The number of nitrogens with one attached hydrogen (secondary N) is 1. The number of hydrogen-bond acceptors (Lipinski definition) is 11. The van der Waals surface area contributed by atoms with Gasteiger partial charge < -0.3 is 38.5 Å². The van der Waals surface area contributed by atoms with E-state index >= 15 is 0 Å². The Labute approximate surface area is 291 Å². The molecule has 6 rings (SSSR count). The Kier molecular flexibility index (Phi) is 11.6. The Morgan fingerprint density at radius 2 is 1.65 bits per heavy atom. The first kappa shape index (κ1) is 36.9. The number of esters is 2. The molecule has 2 aliphatic heterocycles. The van der Waals surface area contributed by atoms with Gasteiger partial charge in [0, 0.05) is 40.2 Å². The van der Waals surface area contributed by atoms with Crippen LogP contribution in [0.25, 0.3) is 0 Å². The minimum Gasteiger partial charge on any atom is -0.462 e. The zero-order valence-electron chi connectivity index (χ0n) is 30.6. The molecule has 1 N–H and O–H groups in total. The van der Waals surface area contributed by atoms with Crippen LogP contribution in [-0.4, -0.2) is 101 Å². The van der Waals surface area contributed by atoms with Gasteiger partial charge in [0.1, 0.15) is 30.5 Å². The number of carbonyl (C=O) groups excluding carboxylic acids is 3. The fourth-order valence-electron chi connectivity index (χ4n) is 11.0. The number of ketones is 1. The lowest BCUT2D eigenvalue weighted by Gasteiger charge is -2.59. The largest absolute Gasteiger partial charge is 0.462 e. The van der Waals surface area contributed by atoms with Gasteiger partial charge in [-0.2, -0.15) is 0 Å². The smallest absolute Gasteiger partial charge is 0.306 e. The lowest BCUT2D eigenvalue weighted by atomic mass is 9.47. The van der Waals surface area contributed by atoms with Crippen molar-refractivity contribution in [3.63, 3.8) is 0 Å². The van der Waals surface area contributed by atoms with Crippen molar-refractivity contribution >= 4 is 17.7 Å². The summed E-state index contributed by atoms with van der Waals surface area (Å²) < 4.78 is 42.4. The lowest BCUT2D eigenvalue weighted by Crippen LogP contribution is -2.61. The molecule has 0 amide bonds. The van der Waals surface area contributed by atoms with Crippen LogP contribution >= 0.6 is 0 Å². The molecule has 276 valence electrons. The first-order valence-electron chi connectivity index (χ1n) is 18.7. The summed E-state index contributed by atoms with van der Waals surface area (Å²) in [5, 5.41) is 3.57. The van der Waals surface area contributed by atoms with Crippen molar-refractivity contribution in [2.24, 2.45) is 47.3 Å². The van der Waals surface area contributed by atoms with Crippen LogP contribution in [0.1, 0.15) is 79.1 Å². The molecule has 1 unspecified atom stereocenters. The summed E-state index contributed by atoms with van der Waals surface area (Å²) in [5.74, 6) is 0.492. The predicted octanol–water partition coefficient (Wildman–Crippen LogP) is 4.25. The van der Waals surface area contributed by atoms with E-state index in [-0.39, 0.29) is 72.4 Å². The van der Waals surface area contributed by atoms with E-state index in [2.05, 4.69) is 11.4 Å². The summed E-state index contributed by atoms with van der Waals surface area (Å²) in [6, 6.07) is 0.321. The number of methoxy groups -OCH3 is 3. The molecule has 0 bridgehead atoms. The van der Waals surface area contributed by atoms with Gasteiger partial charge in [-0.25, -0.2) is 0 Å². The molecule has 0 aromatic carbocycles. The maximum absolute atomic E-state index is 14.5. The topological polar surface area (TPSA) is 128 Å². The molecule has 0 aromatic rings. The van der Waals surface area contributed by atoms with E-state index in [1.54, 1.807) is 21.3 Å². The fraction of sp³-hybridized carbons (Fsp3) is 0.868. The van der Waals surface area contributed by atoms with Crippen LogP contribution in [-0.2, 0) is 47.5 Å². The van der Waals surface area contributed by atoms with E-state index in [9.17, 15) is 14.4 Å². The number of rotatable bonds is 8. The Hall–Kier alpha value is -1.89. The van der Waals surface area contributed by atoms with Crippen molar-refractivity contribution in [2.45, 2.75) is 134 Å². The molecule has 2 heterocycles. The van der Waals surface area contributed by atoms with Crippen molar-refractivity contribution in [2.75, 3.05) is 28.4 Å². The van der Waals surface area contributed by atoms with E-state index in [1.165, 1.54) is 6.92 Å². The summed E-state index contributed by atoms with van der Waals surface area (Å²) in [6.07, 6.45) is 5.26. The van der Waals surface area contributed by atoms with Crippen LogP contribution in [0.3, 0.4) is 0 Å². The Morgan fingerprint density at radius 3 is 2.31 bits per heavy atom. The first-order valence-corrected chi connectivity index (χ1v) is 18.7. The molecule has 3 saturated carbocycles. The SMILES string of the molecule is CC[C@H]1CCC[C@H](OC(C)=O)[C@@H](C)C(=O)C2=C[C@H]3[C@@H]4C[C@H](O[C@@H]5O[C@@H](C)[C@H](OC)[C@@H](OC)[C@H]5OC)C[C@H]4[C@@H]4CC(NC)[C@@H]4[C@H]3[C@@H]2CC(=O)O1. The average Bonchev–Trinajstić information content (AvgIpc) is 3.63. The first-order chi connectivity index (χ1) is 23.5. The summed E-state index contributed by atoms with van der Waals surface area (Å²) >= 11 is 0. The number of allylic oxidation sites excluding steroid dienone is 2. The van der Waals surface area contributed by atoms with Gasteiger partial charge in [0.05, 0.1) is 24.5 Å². The van der Waals surface area contributed by atoms with Crippen molar-refractivity contribution in [3.8, 4) is 0 Å². The monoisotopic (exact) mass is 689 g/mol. The summed E-state index contributed by atoms with van der Waals surface area (Å²) in [7, 11) is 7.00. The molecule has 0 radical (unpaired) electrons. The molecule has 11 heteroatoms. The third-order valence-electron chi connectivity index (χ3n) is 13.2. The Balaban J connectivity index is 1.30. The van der Waals surface area contributed by atoms with Crippen molar-refractivity contribution in [1.29, 1.82) is 0 Å². The number of hydrogen-bond donors (Lipinski definition) is 1. The van der Waals surface area contributed by atoms with Gasteiger partial charge in [0.25, 0.3) is 0 Å². The highest BCUT2D eigenvalue weighted by atomic mass is 16.7. The molecular weight excluding hydrogens is 630 g/mol. The highest BCUT2D eigenvalue weighted by Gasteiger charge is 2.64. The molecule has 0 aromatic heterocycles. The van der Waals surface area contributed by atoms with Crippen molar-refractivity contribution < 1.29 is 47.5 Å². The summed E-state index contributed by atoms with van der Waals surface area (Å²) in [4.78, 5) is 40.2. The quantitative estimate of drug-likeness (QED) is 0.368. The number of ether oxygens (including phenoxy) is 7. The van der Waals surface area contributed by atoms with Gasteiger partial charge in [-0.15, -0.1) is 0 Å². The molecule has 6 aliphatic rings. The van der Waals surface area contributed by atoms with Crippen LogP contribution in [0.4, 0.5) is 0 Å². The third-order valence-corrected chi connectivity index (χ3v) is 13.2. The van der Waals surface area contributed by atoms with E-state index in [1.807, 2.05) is 27.8 Å². The Bertz CT molecular complexity index is 1240. The molecule has 2 saturated heterocycles. The number of Topliss-reactive ketones (excluding diaryl/α,β-unsaturated/α-hetero) is 1. The van der Waals surface area contributed by atoms with Gasteiger partial charge in [-0.05, 0) is 100.0 Å². The standard InChI is InChI=1S/C38H59NO10/c1-9-21-11-10-12-30(47-20(4)40)18(2)34(42)28-15-25-23-13-22(49-38-37(45-8)36(44-7)35(43-6)19(3)46-38)14-24(23)26-16-29(39-5)33(26)32(25)27(28)17-31(41)48-21/h15,18-19,21-27,29-30,32-33,35-39H,9-14,16-17H2,1-8H3/t18-,19+,21+,22+,23-,24-,25+,26+,27-,29?,30+,32-,33-,35+,36-,37-,38+/m1/s1. The van der Waals surface area contributed by atoms with Gasteiger partial charge in [-0.1, -0.05) is 19.9 Å². The fourth-order valence-corrected chi connectivity index (χ4v) is 11.0. The molecule has 11 nitrogen and oxygen atoms in total. The van der Waals surface area contributed by atoms with Crippen LogP contribution in [0.2, 0.25) is 0 Å². The van der Waals surface area contributed by atoms with Crippen LogP contribution in [0.15, 0.2) is 11.6 Å².